The summed E-state index contributed by atoms with van der Waals surface area (Å²) in [6, 6.07) is 18.3. The van der Waals surface area contributed by atoms with Crippen molar-refractivity contribution in [3.05, 3.63) is 60.2 Å². The number of alkyl halides is 3. The van der Waals surface area contributed by atoms with Crippen molar-refractivity contribution >= 4 is 17.6 Å². The van der Waals surface area contributed by atoms with Crippen molar-refractivity contribution in [2.24, 2.45) is 0 Å². The number of para-hydroxylation sites is 1. The first kappa shape index (κ1) is 26.0. The second-order valence-electron chi connectivity index (χ2n) is 7.34. The van der Waals surface area contributed by atoms with E-state index < -0.39 is 12.1 Å². The Balaban J connectivity index is 0.000000479. The van der Waals surface area contributed by atoms with E-state index in [1.165, 1.54) is 5.69 Å². The topological polar surface area (TPSA) is 90.9 Å². The van der Waals surface area contributed by atoms with Gasteiger partial charge < -0.3 is 25.4 Å². The molecule has 1 aliphatic rings. The average Bonchev–Trinajstić information content (AvgIpc) is 2.82. The Labute approximate surface area is 190 Å². The number of rotatable bonds is 7. The number of methoxy groups -OCH3 is 1. The van der Waals surface area contributed by atoms with E-state index in [-0.39, 0.29) is 5.91 Å². The normalized spacial score (nSPS) is 14.1. The number of benzene rings is 2. The fourth-order valence-electron chi connectivity index (χ4n) is 3.30. The SMILES string of the molecule is COc1cccc(C(=O)NCCNC2CCN(c3ccccc3)CC2)c1.O=C(O)C(F)(F)F. The lowest BCUT2D eigenvalue weighted by Crippen LogP contribution is -2.44. The van der Waals surface area contributed by atoms with Crippen molar-refractivity contribution in [2.45, 2.75) is 25.1 Å². The van der Waals surface area contributed by atoms with E-state index in [0.29, 0.717) is 23.9 Å². The zero-order valence-electron chi connectivity index (χ0n) is 18.3. The van der Waals surface area contributed by atoms with Crippen molar-refractivity contribution in [1.29, 1.82) is 0 Å². The van der Waals surface area contributed by atoms with E-state index in [1.807, 2.05) is 12.1 Å². The maximum Gasteiger partial charge on any atom is 0.490 e. The van der Waals surface area contributed by atoms with Crippen molar-refractivity contribution < 1.29 is 32.6 Å². The molecular weight excluding hydrogens is 439 g/mol. The number of halogens is 3. The van der Waals surface area contributed by atoms with E-state index in [1.54, 1.807) is 19.2 Å². The second-order valence-corrected chi connectivity index (χ2v) is 7.34. The summed E-state index contributed by atoms with van der Waals surface area (Å²) in [5.41, 5.74) is 1.93. The maximum absolute atomic E-state index is 12.2. The first-order chi connectivity index (χ1) is 15.7. The molecule has 0 saturated carbocycles. The zero-order chi connectivity index (χ0) is 24.3. The molecular formula is C23H28F3N3O4. The van der Waals surface area contributed by atoms with E-state index in [2.05, 4.69) is 45.9 Å². The Kier molecular flexibility index (Phi) is 9.99. The molecule has 1 saturated heterocycles. The van der Waals surface area contributed by atoms with Gasteiger partial charge in [0, 0.05) is 43.5 Å². The molecule has 3 rings (SSSR count). The van der Waals surface area contributed by atoms with Gasteiger partial charge in [-0.05, 0) is 43.2 Å². The van der Waals surface area contributed by atoms with Crippen LogP contribution in [-0.2, 0) is 4.79 Å². The van der Waals surface area contributed by atoms with Crippen molar-refractivity contribution in [3.8, 4) is 5.75 Å². The Hall–Kier alpha value is -3.27. The Morgan fingerprint density at radius 1 is 1.06 bits per heavy atom. The van der Waals surface area contributed by atoms with Crippen LogP contribution in [-0.4, -0.2) is 62.5 Å². The van der Waals surface area contributed by atoms with Gasteiger partial charge in [0.1, 0.15) is 5.75 Å². The molecule has 7 nitrogen and oxygen atoms in total. The van der Waals surface area contributed by atoms with E-state index in [9.17, 15) is 18.0 Å². The molecule has 180 valence electrons. The number of nitrogens with one attached hydrogen (secondary N) is 2. The van der Waals surface area contributed by atoms with Crippen molar-refractivity contribution in [2.75, 3.05) is 38.2 Å². The summed E-state index contributed by atoms with van der Waals surface area (Å²) in [6.45, 7) is 3.54. The molecule has 0 aromatic heterocycles. The number of piperidine rings is 1. The number of hydrogen-bond acceptors (Lipinski definition) is 5. The maximum atomic E-state index is 12.2. The van der Waals surface area contributed by atoms with Crippen molar-refractivity contribution in [3.63, 3.8) is 0 Å². The number of nitrogens with zero attached hydrogens (tertiary/aromatic N) is 1. The van der Waals surface area contributed by atoms with Crippen LogP contribution in [0.1, 0.15) is 23.2 Å². The van der Waals surface area contributed by atoms with Gasteiger partial charge >= 0.3 is 12.1 Å². The summed E-state index contributed by atoms with van der Waals surface area (Å²) >= 11 is 0. The molecule has 0 spiro atoms. The smallest absolute Gasteiger partial charge is 0.490 e. The van der Waals surface area contributed by atoms with Gasteiger partial charge in [0.2, 0.25) is 0 Å². The molecule has 0 atom stereocenters. The Morgan fingerprint density at radius 2 is 1.70 bits per heavy atom. The third-order valence-corrected chi connectivity index (χ3v) is 5.03. The number of ether oxygens (including phenoxy) is 1. The lowest BCUT2D eigenvalue weighted by Gasteiger charge is -2.34. The fraction of sp³-hybridized carbons (Fsp3) is 0.391. The van der Waals surface area contributed by atoms with E-state index in [4.69, 9.17) is 14.6 Å². The van der Waals surface area contributed by atoms with Crippen molar-refractivity contribution in [1.82, 2.24) is 10.6 Å². The number of carbonyl (C=O) groups is 2. The van der Waals surface area contributed by atoms with Crippen LogP contribution in [0.3, 0.4) is 0 Å². The number of carboxylic acid groups (broad SMARTS) is 1. The van der Waals surface area contributed by atoms with E-state index >= 15 is 0 Å². The van der Waals surface area contributed by atoms with Crippen LogP contribution in [0.25, 0.3) is 0 Å². The van der Waals surface area contributed by atoms with Crippen LogP contribution in [0.5, 0.6) is 5.75 Å². The van der Waals surface area contributed by atoms with Gasteiger partial charge in [0.15, 0.2) is 0 Å². The highest BCUT2D eigenvalue weighted by Crippen LogP contribution is 2.19. The highest BCUT2D eigenvalue weighted by molar-refractivity contribution is 5.94. The van der Waals surface area contributed by atoms with Crippen LogP contribution < -0.4 is 20.3 Å². The highest BCUT2D eigenvalue weighted by atomic mass is 19.4. The quantitative estimate of drug-likeness (QED) is 0.542. The third-order valence-electron chi connectivity index (χ3n) is 5.03. The third kappa shape index (κ3) is 9.01. The summed E-state index contributed by atoms with van der Waals surface area (Å²) < 4.78 is 36.9. The molecule has 2 aromatic carbocycles. The molecule has 1 aliphatic heterocycles. The summed E-state index contributed by atoms with van der Waals surface area (Å²) in [4.78, 5) is 23.5. The van der Waals surface area contributed by atoms with Gasteiger partial charge in [-0.25, -0.2) is 4.79 Å². The zero-order valence-corrected chi connectivity index (χ0v) is 18.3. The predicted molar refractivity (Wildman–Crippen MR) is 119 cm³/mol. The second kappa shape index (κ2) is 12.7. The Bertz CT molecular complexity index is 886. The molecule has 0 unspecified atom stereocenters. The van der Waals surface area contributed by atoms with Gasteiger partial charge in [-0.15, -0.1) is 0 Å². The minimum atomic E-state index is -5.08. The van der Waals surface area contributed by atoms with Gasteiger partial charge in [-0.2, -0.15) is 13.2 Å². The van der Waals surface area contributed by atoms with Gasteiger partial charge in [0.25, 0.3) is 5.91 Å². The monoisotopic (exact) mass is 467 g/mol. The molecule has 1 fully saturated rings. The lowest BCUT2D eigenvalue weighted by atomic mass is 10.0. The standard InChI is InChI=1S/C21H27N3O2.C2HF3O2/c1-26-20-9-5-6-17(16-20)21(25)23-13-12-22-18-10-14-24(15-11-18)19-7-3-2-4-8-19;3-2(4,5)1(6)7/h2-9,16,18,22H,10-15H2,1H3,(H,23,25);(H,6,7). The minimum Gasteiger partial charge on any atom is -0.497 e. The number of amides is 1. The molecule has 33 heavy (non-hydrogen) atoms. The van der Waals surface area contributed by atoms with Crippen LogP contribution >= 0.6 is 0 Å². The van der Waals surface area contributed by atoms with Gasteiger partial charge in [-0.3, -0.25) is 4.79 Å². The highest BCUT2D eigenvalue weighted by Gasteiger charge is 2.38. The average molecular weight is 467 g/mol. The summed E-state index contributed by atoms with van der Waals surface area (Å²) in [5, 5.41) is 13.6. The van der Waals surface area contributed by atoms with Crippen LogP contribution in [0.4, 0.5) is 18.9 Å². The first-order valence-electron chi connectivity index (χ1n) is 10.5. The van der Waals surface area contributed by atoms with Crippen LogP contribution in [0.15, 0.2) is 54.6 Å². The molecule has 2 aromatic rings. The molecule has 0 aliphatic carbocycles. The number of carbonyl (C=O) groups excluding carboxylic acids is 1. The number of hydrogen-bond donors (Lipinski definition) is 3. The minimum absolute atomic E-state index is 0.0652. The lowest BCUT2D eigenvalue weighted by molar-refractivity contribution is -0.192. The summed E-state index contributed by atoms with van der Waals surface area (Å²) in [7, 11) is 1.60. The molecule has 1 heterocycles. The largest absolute Gasteiger partial charge is 0.497 e. The predicted octanol–water partition coefficient (Wildman–Crippen LogP) is 3.32. The molecule has 3 N–H and O–H groups in total. The molecule has 0 bridgehead atoms. The van der Waals surface area contributed by atoms with Gasteiger partial charge in [0.05, 0.1) is 7.11 Å². The van der Waals surface area contributed by atoms with Crippen LogP contribution in [0, 0.1) is 0 Å². The number of aliphatic carboxylic acids is 1. The van der Waals surface area contributed by atoms with Crippen LogP contribution in [0.2, 0.25) is 0 Å². The first-order valence-corrected chi connectivity index (χ1v) is 10.5. The summed E-state index contributed by atoms with van der Waals surface area (Å²) in [5.74, 6) is -2.13. The van der Waals surface area contributed by atoms with Gasteiger partial charge in [-0.1, -0.05) is 24.3 Å². The molecule has 1 amide bonds. The number of carboxylic acids is 1. The fourth-order valence-corrected chi connectivity index (χ4v) is 3.30. The molecule has 10 heteroatoms. The Morgan fingerprint density at radius 3 is 2.27 bits per heavy atom. The molecule has 0 radical (unpaired) electrons. The summed E-state index contributed by atoms with van der Waals surface area (Å²) in [6.07, 6.45) is -2.84. The number of anilines is 1. The van der Waals surface area contributed by atoms with E-state index in [0.717, 1.165) is 32.5 Å².